The largest absolute Gasteiger partial charge is 0.390 e. The monoisotopic (exact) mass is 238 g/mol. The Hall–Kier alpha value is -1.03. The van der Waals surface area contributed by atoms with E-state index in [1.165, 1.54) is 10.4 Å². The molecule has 1 heterocycles. The summed E-state index contributed by atoms with van der Waals surface area (Å²) in [6.07, 6.45) is 3.18. The van der Waals surface area contributed by atoms with Crippen LogP contribution in [0.25, 0.3) is 0 Å². The van der Waals surface area contributed by atoms with Gasteiger partial charge in [0.1, 0.15) is 0 Å². The van der Waals surface area contributed by atoms with Gasteiger partial charge in [-0.2, -0.15) is 0 Å². The van der Waals surface area contributed by atoms with Gasteiger partial charge in [0, 0.05) is 11.4 Å². The number of thiophene rings is 1. The fourth-order valence-electron chi connectivity index (χ4n) is 2.27. The van der Waals surface area contributed by atoms with Crippen molar-refractivity contribution in [3.05, 3.63) is 16.0 Å². The van der Waals surface area contributed by atoms with Crippen LogP contribution in [0.2, 0.25) is 0 Å². The van der Waals surface area contributed by atoms with Gasteiger partial charge in [0.25, 0.3) is 5.91 Å². The van der Waals surface area contributed by atoms with Crippen LogP contribution < -0.4 is 11.1 Å². The van der Waals surface area contributed by atoms with Gasteiger partial charge in [-0.05, 0) is 30.7 Å². The second-order valence-corrected chi connectivity index (χ2v) is 5.51. The van der Waals surface area contributed by atoms with Gasteiger partial charge >= 0.3 is 0 Å². The normalized spacial score (nSPS) is 18.5. The molecule has 2 rings (SSSR count). The zero-order chi connectivity index (χ0) is 11.7. The Balaban J connectivity index is 2.30. The zero-order valence-corrected chi connectivity index (χ0v) is 10.6. The molecular formula is C12H18N2OS. The molecule has 3 N–H and O–H groups in total. The van der Waals surface area contributed by atoms with Crippen LogP contribution in [-0.4, -0.2) is 12.5 Å². The summed E-state index contributed by atoms with van der Waals surface area (Å²) in [5.74, 6) is 0.483. The first kappa shape index (κ1) is 11.5. The number of carbonyl (C=O) groups is 1. The molecule has 0 saturated carbocycles. The lowest BCUT2D eigenvalue weighted by molar-refractivity contribution is 0.0953. The van der Waals surface area contributed by atoms with Crippen molar-refractivity contribution in [2.24, 2.45) is 0 Å². The summed E-state index contributed by atoms with van der Waals surface area (Å²) in [4.78, 5) is 13.3. The van der Waals surface area contributed by atoms with Gasteiger partial charge in [-0.1, -0.05) is 13.8 Å². The molecule has 0 saturated heterocycles. The van der Waals surface area contributed by atoms with E-state index in [1.54, 1.807) is 11.3 Å². The lowest BCUT2D eigenvalue weighted by Gasteiger charge is -2.08. The summed E-state index contributed by atoms with van der Waals surface area (Å²) >= 11 is 1.59. The van der Waals surface area contributed by atoms with Crippen LogP contribution >= 0.6 is 11.3 Å². The molecule has 0 aliphatic heterocycles. The van der Waals surface area contributed by atoms with Gasteiger partial charge in [0.15, 0.2) is 0 Å². The molecule has 1 aromatic rings. The number of nitrogen functional groups attached to an aromatic ring is 1. The Bertz CT molecular complexity index is 411. The first-order valence-electron chi connectivity index (χ1n) is 5.84. The summed E-state index contributed by atoms with van der Waals surface area (Å²) < 4.78 is 0. The maximum Gasteiger partial charge on any atom is 0.254 e. The molecule has 0 aromatic carbocycles. The third-order valence-corrected chi connectivity index (χ3v) is 4.20. The summed E-state index contributed by atoms with van der Waals surface area (Å²) in [5, 5.41) is 3.60. The number of aryl methyl sites for hydroxylation is 1. The summed E-state index contributed by atoms with van der Waals surface area (Å²) in [5.41, 5.74) is 7.90. The molecule has 1 aliphatic carbocycles. The molecule has 1 aromatic heterocycles. The molecule has 0 fully saturated rings. The molecule has 1 unspecified atom stereocenters. The molecule has 0 bridgehead atoms. The van der Waals surface area contributed by atoms with Crippen LogP contribution in [-0.2, 0) is 6.42 Å². The number of hydrogen-bond donors (Lipinski definition) is 2. The van der Waals surface area contributed by atoms with Crippen molar-refractivity contribution in [2.75, 3.05) is 12.3 Å². The molecule has 1 atom stereocenters. The number of hydrogen-bond acceptors (Lipinski definition) is 3. The lowest BCUT2D eigenvalue weighted by atomic mass is 10.0. The highest BCUT2D eigenvalue weighted by atomic mass is 32.1. The van der Waals surface area contributed by atoms with Crippen molar-refractivity contribution < 1.29 is 4.79 Å². The molecule has 16 heavy (non-hydrogen) atoms. The summed E-state index contributed by atoms with van der Waals surface area (Å²) in [7, 11) is 0. The van der Waals surface area contributed by atoms with Gasteiger partial charge < -0.3 is 11.1 Å². The van der Waals surface area contributed by atoms with Crippen LogP contribution in [0, 0.1) is 0 Å². The minimum absolute atomic E-state index is 0.00519. The van der Waals surface area contributed by atoms with Crippen molar-refractivity contribution in [3.8, 4) is 0 Å². The van der Waals surface area contributed by atoms with E-state index >= 15 is 0 Å². The quantitative estimate of drug-likeness (QED) is 0.850. The van der Waals surface area contributed by atoms with Crippen molar-refractivity contribution in [1.29, 1.82) is 0 Å². The number of rotatable bonds is 3. The predicted octanol–water partition coefficient (Wildman–Crippen LogP) is 2.52. The van der Waals surface area contributed by atoms with Crippen LogP contribution in [0.1, 0.15) is 53.4 Å². The molecular weight excluding hydrogens is 220 g/mol. The molecule has 1 amide bonds. The van der Waals surface area contributed by atoms with E-state index in [9.17, 15) is 4.79 Å². The minimum Gasteiger partial charge on any atom is -0.390 e. The van der Waals surface area contributed by atoms with Crippen LogP contribution in [0.4, 0.5) is 5.00 Å². The van der Waals surface area contributed by atoms with Gasteiger partial charge in [-0.3, -0.25) is 4.79 Å². The zero-order valence-electron chi connectivity index (χ0n) is 9.80. The van der Waals surface area contributed by atoms with Crippen LogP contribution in [0.3, 0.4) is 0 Å². The second kappa shape index (κ2) is 4.45. The summed E-state index contributed by atoms with van der Waals surface area (Å²) in [6, 6.07) is 0. The maximum absolute atomic E-state index is 12.0. The van der Waals surface area contributed by atoms with Crippen LogP contribution in [0.5, 0.6) is 0 Å². The van der Waals surface area contributed by atoms with Gasteiger partial charge in [0.2, 0.25) is 0 Å². The van der Waals surface area contributed by atoms with Crippen molar-refractivity contribution >= 4 is 22.2 Å². The number of fused-ring (bicyclic) bond motifs is 1. The third kappa shape index (κ3) is 1.82. The fourth-order valence-corrected chi connectivity index (χ4v) is 3.47. The number of amides is 1. The van der Waals surface area contributed by atoms with Crippen molar-refractivity contribution in [1.82, 2.24) is 5.32 Å². The standard InChI is InChI=1S/C12H18N2OS/c1-3-6-14-12(15)10-9-7(2)4-5-8(9)16-11(10)13/h7H,3-6,13H2,1-2H3,(H,14,15). The Labute approximate surface area is 100 Å². The van der Waals surface area contributed by atoms with E-state index in [1.807, 2.05) is 6.92 Å². The predicted molar refractivity (Wildman–Crippen MR) is 68.1 cm³/mol. The SMILES string of the molecule is CCCNC(=O)c1c(N)sc2c1C(C)CC2. The number of anilines is 1. The van der Waals surface area contributed by atoms with E-state index in [4.69, 9.17) is 5.73 Å². The number of nitrogens with one attached hydrogen (secondary N) is 1. The summed E-state index contributed by atoms with van der Waals surface area (Å²) in [6.45, 7) is 4.94. The van der Waals surface area contributed by atoms with E-state index in [2.05, 4.69) is 12.2 Å². The first-order valence-corrected chi connectivity index (χ1v) is 6.66. The van der Waals surface area contributed by atoms with E-state index < -0.39 is 0 Å². The van der Waals surface area contributed by atoms with E-state index in [0.29, 0.717) is 10.9 Å². The highest BCUT2D eigenvalue weighted by Gasteiger charge is 2.29. The highest BCUT2D eigenvalue weighted by Crippen LogP contribution is 2.43. The maximum atomic E-state index is 12.0. The Morgan fingerprint density at radius 3 is 3.06 bits per heavy atom. The number of carbonyl (C=O) groups excluding carboxylic acids is 1. The average Bonchev–Trinajstić information content (AvgIpc) is 2.75. The first-order chi connectivity index (χ1) is 7.65. The Morgan fingerprint density at radius 1 is 1.62 bits per heavy atom. The highest BCUT2D eigenvalue weighted by molar-refractivity contribution is 7.16. The third-order valence-electron chi connectivity index (χ3n) is 3.11. The van der Waals surface area contributed by atoms with Crippen LogP contribution in [0.15, 0.2) is 0 Å². The van der Waals surface area contributed by atoms with Gasteiger partial charge in [0.05, 0.1) is 10.6 Å². The van der Waals surface area contributed by atoms with Crippen molar-refractivity contribution in [2.45, 2.75) is 39.0 Å². The smallest absolute Gasteiger partial charge is 0.254 e. The van der Waals surface area contributed by atoms with E-state index in [0.717, 1.165) is 31.4 Å². The van der Waals surface area contributed by atoms with Gasteiger partial charge in [-0.15, -0.1) is 11.3 Å². The molecule has 0 radical (unpaired) electrons. The molecule has 1 aliphatic rings. The average molecular weight is 238 g/mol. The lowest BCUT2D eigenvalue weighted by Crippen LogP contribution is -2.25. The Kier molecular flexibility index (Phi) is 3.19. The molecule has 4 heteroatoms. The number of nitrogens with two attached hydrogens (primary N) is 1. The molecule has 3 nitrogen and oxygen atoms in total. The Morgan fingerprint density at radius 2 is 2.38 bits per heavy atom. The topological polar surface area (TPSA) is 55.1 Å². The molecule has 0 spiro atoms. The second-order valence-electron chi connectivity index (χ2n) is 4.37. The fraction of sp³-hybridized carbons (Fsp3) is 0.583. The van der Waals surface area contributed by atoms with Crippen molar-refractivity contribution in [3.63, 3.8) is 0 Å². The molecule has 88 valence electrons. The van der Waals surface area contributed by atoms with E-state index in [-0.39, 0.29) is 5.91 Å². The minimum atomic E-state index is 0.00519. The van der Waals surface area contributed by atoms with Gasteiger partial charge in [-0.25, -0.2) is 0 Å².